The van der Waals surface area contributed by atoms with Crippen molar-refractivity contribution in [1.82, 2.24) is 15.2 Å². The fourth-order valence-corrected chi connectivity index (χ4v) is 3.27. The maximum absolute atomic E-state index is 12.9. The first-order valence-corrected chi connectivity index (χ1v) is 9.57. The predicted molar refractivity (Wildman–Crippen MR) is 102 cm³/mol. The number of likely N-dealkylation sites (tertiary alicyclic amines) is 1. The van der Waals surface area contributed by atoms with Crippen molar-refractivity contribution in [2.75, 3.05) is 19.7 Å². The SMILES string of the molecule is O=C(NCCOc1cccnc1)[C@H]1CCC(=O)N(Cc2cccc(C(F)(F)F)c2)C1. The molecule has 1 aliphatic rings. The molecule has 6 nitrogen and oxygen atoms in total. The van der Waals surface area contributed by atoms with Crippen LogP contribution >= 0.6 is 0 Å². The highest BCUT2D eigenvalue weighted by molar-refractivity contribution is 5.83. The Morgan fingerprint density at radius 2 is 2.10 bits per heavy atom. The van der Waals surface area contributed by atoms with Gasteiger partial charge in [0.15, 0.2) is 0 Å². The molecule has 1 aromatic carbocycles. The number of hydrogen-bond acceptors (Lipinski definition) is 4. The van der Waals surface area contributed by atoms with E-state index in [1.54, 1.807) is 30.6 Å². The second-order valence-electron chi connectivity index (χ2n) is 7.04. The number of carbonyl (C=O) groups is 2. The molecule has 0 bridgehead atoms. The van der Waals surface area contributed by atoms with Crippen molar-refractivity contribution >= 4 is 11.8 Å². The lowest BCUT2D eigenvalue weighted by Crippen LogP contribution is -2.46. The summed E-state index contributed by atoms with van der Waals surface area (Å²) in [5.74, 6) is -0.183. The highest BCUT2D eigenvalue weighted by Gasteiger charge is 2.32. The average molecular weight is 421 g/mol. The number of carbonyl (C=O) groups excluding carboxylic acids is 2. The van der Waals surface area contributed by atoms with Crippen LogP contribution in [0.4, 0.5) is 13.2 Å². The first kappa shape index (κ1) is 21.6. The average Bonchev–Trinajstić information content (AvgIpc) is 2.73. The molecule has 1 aromatic heterocycles. The highest BCUT2D eigenvalue weighted by Crippen LogP contribution is 2.30. The second kappa shape index (κ2) is 9.60. The van der Waals surface area contributed by atoms with Crippen molar-refractivity contribution in [3.8, 4) is 5.75 Å². The lowest BCUT2D eigenvalue weighted by molar-refractivity contribution is -0.139. The highest BCUT2D eigenvalue weighted by atomic mass is 19.4. The molecule has 1 fully saturated rings. The van der Waals surface area contributed by atoms with Gasteiger partial charge in [0.25, 0.3) is 0 Å². The Kier molecular flexibility index (Phi) is 6.91. The maximum Gasteiger partial charge on any atom is 0.416 e. The number of nitrogens with zero attached hydrogens (tertiary/aromatic N) is 2. The molecule has 0 spiro atoms. The van der Waals surface area contributed by atoms with Crippen LogP contribution in [-0.4, -0.2) is 41.4 Å². The number of halogens is 3. The molecule has 1 atom stereocenters. The molecule has 2 amide bonds. The summed E-state index contributed by atoms with van der Waals surface area (Å²) in [7, 11) is 0. The monoisotopic (exact) mass is 421 g/mol. The number of piperidine rings is 1. The summed E-state index contributed by atoms with van der Waals surface area (Å²) in [6, 6.07) is 8.39. The zero-order chi connectivity index (χ0) is 21.6. The van der Waals surface area contributed by atoms with Crippen molar-refractivity contribution in [3.63, 3.8) is 0 Å². The summed E-state index contributed by atoms with van der Waals surface area (Å²) in [5.41, 5.74) is -0.378. The van der Waals surface area contributed by atoms with Crippen molar-refractivity contribution in [3.05, 3.63) is 59.9 Å². The lowest BCUT2D eigenvalue weighted by Gasteiger charge is -2.32. The van der Waals surface area contributed by atoms with Gasteiger partial charge >= 0.3 is 6.18 Å². The number of pyridine rings is 1. The number of hydrogen-bond donors (Lipinski definition) is 1. The molecule has 9 heteroatoms. The summed E-state index contributed by atoms with van der Waals surface area (Å²) in [6.45, 7) is 0.782. The minimum absolute atomic E-state index is 0.0383. The third-order valence-electron chi connectivity index (χ3n) is 4.80. The van der Waals surface area contributed by atoms with E-state index in [-0.39, 0.29) is 37.9 Å². The quantitative estimate of drug-likeness (QED) is 0.698. The summed E-state index contributed by atoms with van der Waals surface area (Å²) >= 11 is 0. The standard InChI is InChI=1S/C21H22F3N3O3/c22-21(23,24)17-4-1-3-15(11-17)13-27-14-16(6-7-19(27)28)20(29)26-9-10-30-18-5-2-8-25-12-18/h1-5,8,11-12,16H,6-7,9-10,13-14H2,(H,26,29)/t16-/m0/s1. The second-order valence-corrected chi connectivity index (χ2v) is 7.04. The minimum atomic E-state index is -4.44. The van der Waals surface area contributed by atoms with Gasteiger partial charge in [-0.3, -0.25) is 14.6 Å². The van der Waals surface area contributed by atoms with Gasteiger partial charge in [-0.05, 0) is 36.2 Å². The van der Waals surface area contributed by atoms with E-state index >= 15 is 0 Å². The molecule has 0 unspecified atom stereocenters. The van der Waals surface area contributed by atoms with Crippen molar-refractivity contribution < 1.29 is 27.5 Å². The largest absolute Gasteiger partial charge is 0.490 e. The van der Waals surface area contributed by atoms with Gasteiger partial charge in [0, 0.05) is 25.7 Å². The van der Waals surface area contributed by atoms with Crippen LogP contribution < -0.4 is 10.1 Å². The molecule has 0 aliphatic carbocycles. The van der Waals surface area contributed by atoms with Gasteiger partial charge in [0.05, 0.1) is 24.2 Å². The molecule has 2 aromatic rings. The van der Waals surface area contributed by atoms with Crippen LogP contribution in [0.1, 0.15) is 24.0 Å². The number of ether oxygens (including phenoxy) is 1. The van der Waals surface area contributed by atoms with Crippen LogP contribution in [0.2, 0.25) is 0 Å². The third-order valence-corrected chi connectivity index (χ3v) is 4.80. The fraction of sp³-hybridized carbons (Fsp3) is 0.381. The van der Waals surface area contributed by atoms with Gasteiger partial charge in [-0.1, -0.05) is 12.1 Å². The van der Waals surface area contributed by atoms with E-state index in [0.717, 1.165) is 12.1 Å². The zero-order valence-electron chi connectivity index (χ0n) is 16.2. The molecule has 1 aliphatic heterocycles. The van der Waals surface area contributed by atoms with E-state index in [9.17, 15) is 22.8 Å². The molecule has 3 rings (SSSR count). The first-order chi connectivity index (χ1) is 14.3. The summed E-state index contributed by atoms with van der Waals surface area (Å²) in [6.07, 6.45) is -0.650. The molecule has 1 saturated heterocycles. The molecular formula is C21H22F3N3O3. The minimum Gasteiger partial charge on any atom is -0.490 e. The Bertz CT molecular complexity index is 875. The summed E-state index contributed by atoms with van der Waals surface area (Å²) in [4.78, 5) is 30.0. The van der Waals surface area contributed by atoms with Crippen LogP contribution in [0.15, 0.2) is 48.8 Å². The van der Waals surface area contributed by atoms with Crippen molar-refractivity contribution in [2.24, 2.45) is 5.92 Å². The van der Waals surface area contributed by atoms with Crippen molar-refractivity contribution in [1.29, 1.82) is 0 Å². The van der Waals surface area contributed by atoms with E-state index in [4.69, 9.17) is 4.74 Å². The van der Waals surface area contributed by atoms with E-state index in [1.807, 2.05) is 0 Å². The maximum atomic E-state index is 12.9. The van der Waals surface area contributed by atoms with Gasteiger partial charge < -0.3 is 15.0 Å². The number of rotatable bonds is 7. The van der Waals surface area contributed by atoms with Crippen LogP contribution in [0.3, 0.4) is 0 Å². The smallest absolute Gasteiger partial charge is 0.416 e. The van der Waals surface area contributed by atoms with Gasteiger partial charge in [-0.25, -0.2) is 0 Å². The molecule has 2 heterocycles. The van der Waals surface area contributed by atoms with E-state index in [0.29, 0.717) is 24.3 Å². The number of nitrogens with one attached hydrogen (secondary N) is 1. The van der Waals surface area contributed by atoms with Gasteiger partial charge in [0.1, 0.15) is 12.4 Å². The van der Waals surface area contributed by atoms with Gasteiger partial charge in [-0.2, -0.15) is 13.2 Å². The Balaban J connectivity index is 1.51. The van der Waals surface area contributed by atoms with Gasteiger partial charge in [0.2, 0.25) is 11.8 Å². The van der Waals surface area contributed by atoms with Gasteiger partial charge in [-0.15, -0.1) is 0 Å². The van der Waals surface area contributed by atoms with E-state index < -0.39 is 17.7 Å². The number of amides is 2. The molecule has 30 heavy (non-hydrogen) atoms. The molecular weight excluding hydrogens is 399 g/mol. The van der Waals surface area contributed by atoms with Crippen molar-refractivity contribution in [2.45, 2.75) is 25.6 Å². The lowest BCUT2D eigenvalue weighted by atomic mass is 9.96. The predicted octanol–water partition coefficient (Wildman–Crippen LogP) is 3.03. The molecule has 160 valence electrons. The molecule has 0 saturated carbocycles. The topological polar surface area (TPSA) is 71.5 Å². The van der Waals surface area contributed by atoms with Crippen LogP contribution in [0.5, 0.6) is 5.75 Å². The first-order valence-electron chi connectivity index (χ1n) is 9.57. The normalized spacial score (nSPS) is 17.0. The Morgan fingerprint density at radius 1 is 1.27 bits per heavy atom. The zero-order valence-corrected chi connectivity index (χ0v) is 16.2. The number of benzene rings is 1. The van der Waals surface area contributed by atoms with Crippen LogP contribution in [-0.2, 0) is 22.3 Å². The third kappa shape index (κ3) is 5.95. The van der Waals surface area contributed by atoms with Crippen LogP contribution in [0.25, 0.3) is 0 Å². The Hall–Kier alpha value is -3.10. The number of aromatic nitrogens is 1. The molecule has 1 N–H and O–H groups in total. The summed E-state index contributed by atoms with van der Waals surface area (Å²) < 4.78 is 44.2. The van der Waals surface area contributed by atoms with Crippen LogP contribution in [0, 0.1) is 5.92 Å². The Morgan fingerprint density at radius 3 is 2.83 bits per heavy atom. The summed E-state index contributed by atoms with van der Waals surface area (Å²) in [5, 5.41) is 2.78. The number of alkyl halides is 3. The fourth-order valence-electron chi connectivity index (χ4n) is 3.27. The molecule has 0 radical (unpaired) electrons. The van der Waals surface area contributed by atoms with E-state index in [1.165, 1.54) is 11.0 Å². The van der Waals surface area contributed by atoms with E-state index in [2.05, 4.69) is 10.3 Å². The Labute approximate surface area is 172 Å².